The Balaban J connectivity index is 0.000000104. The third kappa shape index (κ3) is 13.4. The van der Waals surface area contributed by atoms with E-state index >= 15 is 0 Å². The number of fused-ring (bicyclic) bond motifs is 18. The first-order valence-electron chi connectivity index (χ1n) is 48.4. The van der Waals surface area contributed by atoms with Gasteiger partial charge in [-0.3, -0.25) is 0 Å². The zero-order valence-electron chi connectivity index (χ0n) is 76.4. The molecule has 0 fully saturated rings. The summed E-state index contributed by atoms with van der Waals surface area (Å²) in [4.78, 5) is 0. The topological polar surface area (TPSA) is 55.4 Å². The molecule has 0 aliphatic carbocycles. The zero-order chi connectivity index (χ0) is 92.7. The zero-order valence-corrected chi connectivity index (χ0v) is 76.4. The smallest absolute Gasteiger partial charge is 0.260 e. The van der Waals surface area contributed by atoms with Crippen LogP contribution in [0.1, 0.15) is 0 Å². The highest BCUT2D eigenvalue weighted by atomic mass is 16.5. The van der Waals surface area contributed by atoms with Crippen molar-refractivity contribution in [3.8, 4) is 169 Å². The second-order valence-electron chi connectivity index (χ2n) is 37.1. The average Bonchev–Trinajstić information content (AvgIpc) is 0.755. The number of hydrogen-bond donors (Lipinski definition) is 0. The molecule has 6 aliphatic heterocycles. The van der Waals surface area contributed by atoms with Crippen LogP contribution in [0, 0.1) is 0 Å². The van der Waals surface area contributed by atoms with Crippen LogP contribution in [0.15, 0.2) is 491 Å². The number of benzene rings is 24. The number of rotatable bonds is 9. The second kappa shape index (κ2) is 33.4. The predicted molar refractivity (Wildman–Crippen MR) is 586 cm³/mol. The molecule has 30 rings (SSSR count). The Bertz CT molecular complexity index is 9000. The van der Waals surface area contributed by atoms with Crippen molar-refractivity contribution < 1.29 is 28.4 Å². The second-order valence-corrected chi connectivity index (χ2v) is 37.1. The first-order chi connectivity index (χ1) is 70.0. The van der Waals surface area contributed by atoms with Gasteiger partial charge in [-0.1, -0.05) is 413 Å². The van der Waals surface area contributed by atoms with Gasteiger partial charge in [0.25, 0.3) is 20.1 Å². The summed E-state index contributed by atoms with van der Waals surface area (Å²) in [7, 11) is 0. The van der Waals surface area contributed by atoms with Crippen molar-refractivity contribution in [2.45, 2.75) is 0 Å². The SMILES string of the molecule is c1ccc(-c2c3ccccc3c(-c3ccc(-c4ccc5c(c4)B4c6ccccc6Oc6cccc(c64)O5)cc3)c3ccccc23)cc1.c1ccc(-c2c3ccccc3c(-c3cccc(-c4ccc5c(c4)B4c6ccccc6Oc6cccc(c64)O5)c3)c3ccccc23)cc1.c1ccc(-c2c3ccccc3c(-c3cccc(-c4cccc5c4Oc4cccc6c4B5c4ccccc4O6)c3)c3ccccc23)cc1. The van der Waals surface area contributed by atoms with E-state index in [2.05, 4.69) is 425 Å². The largest absolute Gasteiger partial charge is 0.458 e. The Kier molecular flexibility index (Phi) is 19.2. The maximum Gasteiger partial charge on any atom is 0.260 e. The molecule has 0 saturated heterocycles. The van der Waals surface area contributed by atoms with Gasteiger partial charge in [0.05, 0.1) is 0 Å². The van der Waals surface area contributed by atoms with Gasteiger partial charge in [0.2, 0.25) is 0 Å². The van der Waals surface area contributed by atoms with E-state index in [0.717, 1.165) is 124 Å². The standard InChI is InChI=1S/3C44H27BO2/c1-2-13-28(14-3-1)41-32-17-4-6-19-34(32)42(35-20-7-5-18-33(35)41)30-16-10-15-29(27-30)31-21-11-23-37-44(31)47-40-26-12-25-39-43(40)45(37)36-22-8-9-24-38(36)46-39;1-2-12-28(13-3-1)42-32-16-4-6-18-34(32)43(35-19-7-5-17-33(35)42)31-15-10-14-29(26-31)30-24-25-39-37(27-30)45-36-20-8-9-21-38(36)46-40-22-11-23-41(47-39)44(40)45;1-2-11-29(12-3-1)42-32-13-4-6-15-34(32)43(35-16-7-5-14-33(35)42)30-23-21-28(22-24-30)31-25-26-39-37(27-31)45-36-17-8-9-18-38(36)46-40-19-10-20-41(47-39)44(40)45/h3*1-27H. The molecule has 0 atom stereocenters. The lowest BCUT2D eigenvalue weighted by molar-refractivity contribution is 0.464. The highest BCUT2D eigenvalue weighted by molar-refractivity contribution is 6.99. The van der Waals surface area contributed by atoms with Crippen molar-refractivity contribution in [2.75, 3.05) is 0 Å². The van der Waals surface area contributed by atoms with E-state index in [-0.39, 0.29) is 20.1 Å². The number of para-hydroxylation sites is 4. The van der Waals surface area contributed by atoms with Gasteiger partial charge in [-0.25, -0.2) is 0 Å². The summed E-state index contributed by atoms with van der Waals surface area (Å²) in [6.07, 6.45) is 0. The van der Waals surface area contributed by atoms with Crippen molar-refractivity contribution in [2.24, 2.45) is 0 Å². The van der Waals surface area contributed by atoms with Gasteiger partial charge >= 0.3 is 0 Å². The van der Waals surface area contributed by atoms with E-state index in [4.69, 9.17) is 28.4 Å². The molecule has 24 aromatic carbocycles. The van der Waals surface area contributed by atoms with E-state index in [1.807, 2.05) is 66.7 Å². The fourth-order valence-corrected chi connectivity index (χ4v) is 23.3. The van der Waals surface area contributed by atoms with Crippen LogP contribution in [0.25, 0.3) is 165 Å². The number of hydrogen-bond acceptors (Lipinski definition) is 6. The molecular formula is C132H81B3O6. The monoisotopic (exact) mass is 1790 g/mol. The van der Waals surface area contributed by atoms with Crippen LogP contribution >= 0.6 is 0 Å². The van der Waals surface area contributed by atoms with E-state index in [9.17, 15) is 0 Å². The molecule has 0 radical (unpaired) electrons. The molecule has 6 nitrogen and oxygen atoms in total. The third-order valence-electron chi connectivity index (χ3n) is 29.4. The highest BCUT2D eigenvalue weighted by Crippen LogP contribution is 2.51. The molecule has 0 unspecified atom stereocenters. The Morgan fingerprint density at radius 3 is 0.688 bits per heavy atom. The first-order valence-corrected chi connectivity index (χ1v) is 48.4. The van der Waals surface area contributed by atoms with E-state index in [1.165, 1.54) is 159 Å². The lowest BCUT2D eigenvalue weighted by Crippen LogP contribution is -2.57. The van der Waals surface area contributed by atoms with E-state index in [0.29, 0.717) is 0 Å². The van der Waals surface area contributed by atoms with Crippen LogP contribution < -0.4 is 77.6 Å². The molecule has 141 heavy (non-hydrogen) atoms. The molecule has 24 aromatic rings. The fourth-order valence-electron chi connectivity index (χ4n) is 23.3. The van der Waals surface area contributed by atoms with Gasteiger partial charge < -0.3 is 28.4 Å². The van der Waals surface area contributed by atoms with Crippen molar-refractivity contribution in [3.05, 3.63) is 491 Å². The lowest BCUT2D eigenvalue weighted by atomic mass is 9.34. The van der Waals surface area contributed by atoms with Gasteiger partial charge in [-0.05, 0) is 271 Å². The van der Waals surface area contributed by atoms with Crippen molar-refractivity contribution >= 4 is 134 Å². The van der Waals surface area contributed by atoms with Crippen LogP contribution in [0.5, 0.6) is 69.0 Å². The molecule has 0 N–H and O–H groups in total. The molecule has 0 amide bonds. The van der Waals surface area contributed by atoms with Crippen LogP contribution in [0.3, 0.4) is 0 Å². The van der Waals surface area contributed by atoms with Crippen LogP contribution in [-0.4, -0.2) is 20.1 Å². The molecule has 654 valence electrons. The summed E-state index contributed by atoms with van der Waals surface area (Å²) in [5.74, 6) is 10.6. The van der Waals surface area contributed by atoms with Gasteiger partial charge in [0.1, 0.15) is 69.0 Å². The normalized spacial score (nSPS) is 12.6. The predicted octanol–water partition coefficient (Wildman–Crippen LogP) is 29.2. The van der Waals surface area contributed by atoms with E-state index < -0.39 is 0 Å². The molecule has 0 spiro atoms. The van der Waals surface area contributed by atoms with Crippen LogP contribution in [0.4, 0.5) is 0 Å². The van der Waals surface area contributed by atoms with Gasteiger partial charge in [-0.15, -0.1) is 0 Å². The molecule has 9 heteroatoms. The summed E-state index contributed by atoms with van der Waals surface area (Å²) < 4.78 is 38.7. The number of ether oxygens (including phenoxy) is 6. The van der Waals surface area contributed by atoms with Crippen molar-refractivity contribution in [1.29, 1.82) is 0 Å². The highest BCUT2D eigenvalue weighted by Gasteiger charge is 2.44. The molecule has 0 aromatic heterocycles. The van der Waals surface area contributed by atoms with Gasteiger partial charge in [-0.2, -0.15) is 0 Å². The third-order valence-corrected chi connectivity index (χ3v) is 29.4. The molecule has 0 bridgehead atoms. The van der Waals surface area contributed by atoms with Gasteiger partial charge in [0.15, 0.2) is 0 Å². The minimum absolute atomic E-state index is 0.0384. The maximum absolute atomic E-state index is 6.80. The first kappa shape index (κ1) is 81.2. The summed E-state index contributed by atoms with van der Waals surface area (Å²) >= 11 is 0. The quantitative estimate of drug-likeness (QED) is 0.106. The van der Waals surface area contributed by atoms with Crippen molar-refractivity contribution in [1.82, 2.24) is 0 Å². The lowest BCUT2D eigenvalue weighted by Gasteiger charge is -2.33. The summed E-state index contributed by atoms with van der Waals surface area (Å²) in [5.41, 5.74) is 32.1. The Hall–Kier alpha value is -18.2. The fraction of sp³-hybridized carbons (Fsp3) is 0. The van der Waals surface area contributed by atoms with Gasteiger partial charge in [0, 0.05) is 22.0 Å². The summed E-state index contributed by atoms with van der Waals surface area (Å²) in [6, 6.07) is 175. The van der Waals surface area contributed by atoms with Crippen molar-refractivity contribution in [3.63, 3.8) is 0 Å². The minimum Gasteiger partial charge on any atom is -0.458 e. The minimum atomic E-state index is 0.0384. The maximum atomic E-state index is 6.80. The van der Waals surface area contributed by atoms with E-state index in [1.54, 1.807) is 0 Å². The molecule has 6 heterocycles. The average molecular weight is 1800 g/mol. The molecule has 6 aliphatic rings. The summed E-state index contributed by atoms with van der Waals surface area (Å²) in [5, 5.41) is 15.1. The molecule has 0 saturated carbocycles. The Morgan fingerprint density at radius 1 is 0.121 bits per heavy atom. The Labute approximate surface area is 817 Å². The van der Waals surface area contributed by atoms with Crippen LogP contribution in [-0.2, 0) is 0 Å². The summed E-state index contributed by atoms with van der Waals surface area (Å²) in [6.45, 7) is 0.128. The molecular weight excluding hydrogens is 1710 g/mol. The Morgan fingerprint density at radius 2 is 0.333 bits per heavy atom. The van der Waals surface area contributed by atoms with Crippen LogP contribution in [0.2, 0.25) is 0 Å².